The second kappa shape index (κ2) is 18.1. The van der Waals surface area contributed by atoms with Gasteiger partial charge in [0.05, 0.1) is 12.9 Å². The number of unbranched alkanes of at least 4 members (excludes halogenated alkanes) is 1. The molecule has 0 saturated carbocycles. The van der Waals surface area contributed by atoms with Gasteiger partial charge in [-0.05, 0) is 106 Å². The first-order valence-corrected chi connectivity index (χ1v) is 13.9. The fourth-order valence-corrected chi connectivity index (χ4v) is 3.73. The Bertz CT molecular complexity index is 773. The molecule has 0 fully saturated rings. The van der Waals surface area contributed by atoms with E-state index in [1.165, 1.54) is 34.3 Å². The number of allylic oxidation sites excluding steroid dienone is 10. The maximum absolute atomic E-state index is 10.9. The summed E-state index contributed by atoms with van der Waals surface area (Å²) in [6.45, 7) is 13.4. The molecule has 0 aromatic carbocycles. The lowest BCUT2D eigenvalue weighted by Crippen LogP contribution is -2.04. The Balaban J connectivity index is 4.04. The summed E-state index contributed by atoms with van der Waals surface area (Å²) < 4.78 is 26.6. The van der Waals surface area contributed by atoms with Crippen molar-refractivity contribution in [2.45, 2.75) is 106 Å². The summed E-state index contributed by atoms with van der Waals surface area (Å²) >= 11 is 0. The number of hydrogen-bond donors (Lipinski definition) is 0. The second-order valence-electron chi connectivity index (χ2n) is 9.31. The maximum atomic E-state index is 10.9. The molecule has 0 saturated heterocycles. The molecule has 0 aliphatic carbocycles. The van der Waals surface area contributed by atoms with Crippen molar-refractivity contribution >= 4 is 10.1 Å². The fourth-order valence-electron chi connectivity index (χ4n) is 3.31. The summed E-state index contributed by atoms with van der Waals surface area (Å²) in [5, 5.41) is 0. The highest BCUT2D eigenvalue weighted by molar-refractivity contribution is 7.85. The quantitative estimate of drug-likeness (QED) is 0.123. The van der Waals surface area contributed by atoms with Gasteiger partial charge in [0.1, 0.15) is 0 Å². The van der Waals surface area contributed by atoms with E-state index in [1.807, 2.05) is 0 Å². The molecule has 0 radical (unpaired) electrons. The van der Waals surface area contributed by atoms with E-state index in [-0.39, 0.29) is 6.61 Å². The third-order valence-electron chi connectivity index (χ3n) is 5.32. The van der Waals surface area contributed by atoms with Crippen molar-refractivity contribution in [3.63, 3.8) is 0 Å². The van der Waals surface area contributed by atoms with Crippen LogP contribution in [0.1, 0.15) is 106 Å². The Labute approximate surface area is 199 Å². The van der Waals surface area contributed by atoms with Crippen molar-refractivity contribution in [1.29, 1.82) is 0 Å². The first-order chi connectivity index (χ1) is 15.0. The molecule has 0 aromatic rings. The van der Waals surface area contributed by atoms with Crippen LogP contribution in [0.3, 0.4) is 0 Å². The Morgan fingerprint density at radius 3 is 1.38 bits per heavy atom. The molecule has 0 aliphatic heterocycles. The Morgan fingerprint density at radius 1 is 0.594 bits per heavy atom. The molecule has 0 atom stereocenters. The van der Waals surface area contributed by atoms with Crippen LogP contribution in [0.4, 0.5) is 0 Å². The second-order valence-corrected chi connectivity index (χ2v) is 11.0. The van der Waals surface area contributed by atoms with Crippen LogP contribution in [0, 0.1) is 0 Å². The van der Waals surface area contributed by atoms with Crippen LogP contribution in [0.2, 0.25) is 0 Å². The van der Waals surface area contributed by atoms with Gasteiger partial charge in [-0.25, -0.2) is 0 Å². The molecule has 0 rings (SSSR count). The third kappa shape index (κ3) is 21.8. The van der Waals surface area contributed by atoms with Crippen LogP contribution in [-0.2, 0) is 14.3 Å². The van der Waals surface area contributed by atoms with E-state index >= 15 is 0 Å². The molecule has 0 aliphatic rings. The van der Waals surface area contributed by atoms with Crippen molar-refractivity contribution in [2.75, 3.05) is 12.9 Å². The van der Waals surface area contributed by atoms with E-state index in [4.69, 9.17) is 4.18 Å². The molecule has 4 heteroatoms. The van der Waals surface area contributed by atoms with Crippen LogP contribution >= 0.6 is 0 Å². The first-order valence-electron chi connectivity index (χ1n) is 12.1. The van der Waals surface area contributed by atoms with Crippen LogP contribution < -0.4 is 0 Å². The van der Waals surface area contributed by atoms with Gasteiger partial charge in [0.25, 0.3) is 10.1 Å². The summed E-state index contributed by atoms with van der Waals surface area (Å²) in [5.41, 5.74) is 7.13. The smallest absolute Gasteiger partial charge is 0.264 e. The van der Waals surface area contributed by atoms with E-state index in [0.29, 0.717) is 0 Å². The molecular weight excluding hydrogens is 416 g/mol. The molecule has 0 N–H and O–H groups in total. The summed E-state index contributed by atoms with van der Waals surface area (Å²) in [5.74, 6) is 0. The predicted molar refractivity (Wildman–Crippen MR) is 141 cm³/mol. The van der Waals surface area contributed by atoms with Gasteiger partial charge in [-0.3, -0.25) is 4.18 Å². The fraction of sp³-hybridized carbons (Fsp3) is 0.643. The minimum Gasteiger partial charge on any atom is -0.270 e. The van der Waals surface area contributed by atoms with E-state index in [1.54, 1.807) is 0 Å². The van der Waals surface area contributed by atoms with Gasteiger partial charge < -0.3 is 0 Å². The number of hydrogen-bond acceptors (Lipinski definition) is 3. The van der Waals surface area contributed by atoms with Crippen molar-refractivity contribution in [1.82, 2.24) is 0 Å². The molecule has 0 bridgehead atoms. The van der Waals surface area contributed by atoms with Gasteiger partial charge in [-0.1, -0.05) is 58.2 Å². The lowest BCUT2D eigenvalue weighted by molar-refractivity contribution is 0.315. The van der Waals surface area contributed by atoms with Crippen LogP contribution in [0.25, 0.3) is 0 Å². The Morgan fingerprint density at radius 2 is 0.969 bits per heavy atom. The average Bonchev–Trinajstić information content (AvgIpc) is 2.67. The molecule has 0 amide bonds. The van der Waals surface area contributed by atoms with Crippen LogP contribution in [-0.4, -0.2) is 21.3 Å². The Hall–Kier alpha value is -1.39. The topological polar surface area (TPSA) is 43.4 Å². The van der Waals surface area contributed by atoms with Crippen molar-refractivity contribution in [3.8, 4) is 0 Å². The lowest BCUT2D eigenvalue weighted by Gasteiger charge is -2.03. The molecule has 184 valence electrons. The van der Waals surface area contributed by atoms with E-state index in [2.05, 4.69) is 71.9 Å². The third-order valence-corrected chi connectivity index (χ3v) is 5.91. The highest BCUT2D eigenvalue weighted by Gasteiger charge is 2.00. The maximum Gasteiger partial charge on any atom is 0.264 e. The summed E-state index contributed by atoms with van der Waals surface area (Å²) in [4.78, 5) is 0. The summed E-state index contributed by atoms with van der Waals surface area (Å²) in [7, 11) is -3.32. The summed E-state index contributed by atoms with van der Waals surface area (Å²) in [6, 6.07) is 0. The molecule has 0 unspecified atom stereocenters. The van der Waals surface area contributed by atoms with E-state index in [0.717, 1.165) is 64.0 Å². The standard InChI is InChI=1S/C28H48O3S/c1-24(2)14-10-17-27(5)20-11-18-25(3)15-8-9-16-26(4)19-12-21-28(6)22-13-23-31-32(7,29)30/h14-16,20-21H,8-13,17-19,22-23H2,1-7H3/b25-15+,26-16+,27-20+,28-21+. The highest BCUT2D eigenvalue weighted by atomic mass is 32.2. The van der Waals surface area contributed by atoms with Gasteiger partial charge in [0, 0.05) is 0 Å². The summed E-state index contributed by atoms with van der Waals surface area (Å²) in [6.07, 6.45) is 23.4. The molecule has 0 aromatic heterocycles. The predicted octanol–water partition coefficient (Wildman–Crippen LogP) is 8.62. The average molecular weight is 465 g/mol. The van der Waals surface area contributed by atoms with Crippen molar-refractivity contribution < 1.29 is 12.6 Å². The van der Waals surface area contributed by atoms with Crippen molar-refractivity contribution in [2.24, 2.45) is 0 Å². The molecular formula is C28H48O3S. The van der Waals surface area contributed by atoms with Gasteiger partial charge in [0.15, 0.2) is 0 Å². The van der Waals surface area contributed by atoms with E-state index in [9.17, 15) is 8.42 Å². The SMILES string of the molecule is CC(C)=CCC/C(C)=C/CC/C(C)=C/CC/C=C(\C)CC/C=C(\C)CCCOS(C)(=O)=O. The van der Waals surface area contributed by atoms with Crippen LogP contribution in [0.5, 0.6) is 0 Å². The zero-order valence-electron chi connectivity index (χ0n) is 21.8. The highest BCUT2D eigenvalue weighted by Crippen LogP contribution is 2.14. The normalized spacial score (nSPS) is 14.1. The minimum absolute atomic E-state index is 0.266. The minimum atomic E-state index is -3.32. The Kier molecular flexibility index (Phi) is 17.3. The van der Waals surface area contributed by atoms with Gasteiger partial charge in [-0.15, -0.1) is 0 Å². The molecule has 0 spiro atoms. The number of rotatable bonds is 17. The van der Waals surface area contributed by atoms with Crippen molar-refractivity contribution in [3.05, 3.63) is 58.2 Å². The lowest BCUT2D eigenvalue weighted by atomic mass is 10.0. The first kappa shape index (κ1) is 30.6. The largest absolute Gasteiger partial charge is 0.270 e. The zero-order valence-corrected chi connectivity index (χ0v) is 22.6. The van der Waals surface area contributed by atoms with Gasteiger partial charge >= 0.3 is 0 Å². The van der Waals surface area contributed by atoms with E-state index < -0.39 is 10.1 Å². The van der Waals surface area contributed by atoms with Gasteiger partial charge in [0.2, 0.25) is 0 Å². The molecule has 0 heterocycles. The van der Waals surface area contributed by atoms with Gasteiger partial charge in [-0.2, -0.15) is 8.42 Å². The monoisotopic (exact) mass is 464 g/mol. The van der Waals surface area contributed by atoms with Crippen LogP contribution in [0.15, 0.2) is 58.2 Å². The molecule has 3 nitrogen and oxygen atoms in total. The molecule has 32 heavy (non-hydrogen) atoms. The zero-order chi connectivity index (χ0) is 24.4.